The van der Waals surface area contributed by atoms with Gasteiger partial charge < -0.3 is 9.64 Å². The van der Waals surface area contributed by atoms with E-state index in [-0.39, 0.29) is 18.4 Å². The van der Waals surface area contributed by atoms with E-state index < -0.39 is 0 Å². The highest BCUT2D eigenvalue weighted by Crippen LogP contribution is 2.37. The Kier molecular flexibility index (Phi) is 5.30. The Morgan fingerprint density at radius 2 is 1.92 bits per heavy atom. The number of esters is 1. The van der Waals surface area contributed by atoms with Crippen LogP contribution >= 0.6 is 34.5 Å². The van der Waals surface area contributed by atoms with Gasteiger partial charge in [0.05, 0.1) is 18.7 Å². The summed E-state index contributed by atoms with van der Waals surface area (Å²) in [7, 11) is 1.37. The zero-order valence-electron chi connectivity index (χ0n) is 13.1. The summed E-state index contributed by atoms with van der Waals surface area (Å²) in [6.45, 7) is 2.63. The number of hydrogen-bond acceptors (Lipinski definition) is 5. The molecule has 128 valence electrons. The zero-order chi connectivity index (χ0) is 17.3. The summed E-state index contributed by atoms with van der Waals surface area (Å²) in [6.07, 6.45) is 0. The third kappa shape index (κ3) is 3.52. The number of thiophene rings is 1. The van der Waals surface area contributed by atoms with Crippen molar-refractivity contribution < 1.29 is 14.3 Å². The summed E-state index contributed by atoms with van der Waals surface area (Å²) < 4.78 is 5.57. The molecule has 5 nitrogen and oxygen atoms in total. The number of nitrogens with zero attached hydrogens (tertiary/aromatic N) is 2. The molecule has 1 aromatic heterocycles. The number of halogens is 2. The summed E-state index contributed by atoms with van der Waals surface area (Å²) in [5, 5.41) is 1.95. The predicted molar refractivity (Wildman–Crippen MR) is 96.2 cm³/mol. The highest BCUT2D eigenvalue weighted by molar-refractivity contribution is 7.21. The van der Waals surface area contributed by atoms with Crippen molar-refractivity contribution in [3.8, 4) is 0 Å². The molecule has 0 radical (unpaired) electrons. The fourth-order valence-corrected chi connectivity index (χ4v) is 4.43. The molecule has 3 rings (SSSR count). The van der Waals surface area contributed by atoms with Gasteiger partial charge in [0.2, 0.25) is 0 Å². The van der Waals surface area contributed by atoms with Crippen LogP contribution in [0.1, 0.15) is 9.67 Å². The predicted octanol–water partition coefficient (Wildman–Crippen LogP) is 3.14. The monoisotopic (exact) mass is 386 g/mol. The van der Waals surface area contributed by atoms with Gasteiger partial charge in [0.15, 0.2) is 0 Å². The minimum absolute atomic E-state index is 0.0740. The first-order chi connectivity index (χ1) is 11.5. The first kappa shape index (κ1) is 17.5. The third-order valence-corrected chi connectivity index (χ3v) is 5.91. The molecule has 0 aliphatic carbocycles. The fourth-order valence-electron chi connectivity index (χ4n) is 2.68. The van der Waals surface area contributed by atoms with Gasteiger partial charge in [0, 0.05) is 41.3 Å². The number of amides is 1. The van der Waals surface area contributed by atoms with Crippen LogP contribution in [0.2, 0.25) is 10.0 Å². The van der Waals surface area contributed by atoms with Crippen molar-refractivity contribution in [1.82, 2.24) is 9.80 Å². The number of piperazine rings is 1. The molecule has 1 aliphatic rings. The number of carbonyl (C=O) groups is 2. The lowest BCUT2D eigenvalue weighted by atomic mass is 10.2. The van der Waals surface area contributed by atoms with E-state index in [0.29, 0.717) is 41.1 Å². The Labute approximate surface area is 153 Å². The number of carbonyl (C=O) groups excluding carboxylic acids is 2. The second-order valence-corrected chi connectivity index (χ2v) is 7.40. The van der Waals surface area contributed by atoms with Crippen LogP contribution in [-0.2, 0) is 9.53 Å². The van der Waals surface area contributed by atoms with Crippen LogP contribution in [0.4, 0.5) is 0 Å². The van der Waals surface area contributed by atoms with Crippen LogP contribution in [-0.4, -0.2) is 61.5 Å². The molecule has 8 heteroatoms. The van der Waals surface area contributed by atoms with E-state index in [2.05, 4.69) is 4.74 Å². The van der Waals surface area contributed by atoms with Crippen molar-refractivity contribution >= 4 is 56.5 Å². The number of ether oxygens (including phenoxy) is 1. The van der Waals surface area contributed by atoms with E-state index in [4.69, 9.17) is 23.2 Å². The molecule has 1 aromatic carbocycles. The van der Waals surface area contributed by atoms with Gasteiger partial charge in [-0.2, -0.15) is 0 Å². The second-order valence-electron chi connectivity index (χ2n) is 5.53. The minimum Gasteiger partial charge on any atom is -0.468 e. The first-order valence-corrected chi connectivity index (χ1v) is 9.03. The van der Waals surface area contributed by atoms with E-state index in [9.17, 15) is 9.59 Å². The Balaban J connectivity index is 1.72. The summed E-state index contributed by atoms with van der Waals surface area (Å²) in [4.78, 5) is 28.4. The van der Waals surface area contributed by atoms with Crippen molar-refractivity contribution in [2.75, 3.05) is 39.8 Å². The maximum absolute atomic E-state index is 12.8. The molecule has 1 saturated heterocycles. The molecule has 1 fully saturated rings. The summed E-state index contributed by atoms with van der Waals surface area (Å²) in [5.74, 6) is -0.339. The normalized spacial score (nSPS) is 15.7. The number of rotatable bonds is 3. The highest BCUT2D eigenvalue weighted by atomic mass is 35.5. The number of methoxy groups -OCH3 is 1. The van der Waals surface area contributed by atoms with Gasteiger partial charge in [-0.1, -0.05) is 29.3 Å². The molecule has 2 heterocycles. The van der Waals surface area contributed by atoms with E-state index in [1.807, 2.05) is 17.0 Å². The van der Waals surface area contributed by atoms with Crippen molar-refractivity contribution in [2.45, 2.75) is 0 Å². The molecule has 0 spiro atoms. The standard InChI is InChI=1S/C16H16Cl2N2O3S/c1-23-13(21)9-19-4-6-20(7-5-19)16(22)15-14(18)11-3-2-10(17)8-12(11)24-15/h2-3,8H,4-7,9H2,1H3. The minimum atomic E-state index is -0.265. The molecule has 0 saturated carbocycles. The van der Waals surface area contributed by atoms with Crippen LogP contribution in [0.5, 0.6) is 0 Å². The van der Waals surface area contributed by atoms with E-state index in [1.54, 1.807) is 11.0 Å². The molecule has 1 aliphatic heterocycles. The number of hydrogen-bond donors (Lipinski definition) is 0. The Bertz CT molecular complexity index is 785. The molecule has 24 heavy (non-hydrogen) atoms. The van der Waals surface area contributed by atoms with Gasteiger partial charge in [-0.15, -0.1) is 11.3 Å². The van der Waals surface area contributed by atoms with E-state index >= 15 is 0 Å². The number of benzene rings is 1. The van der Waals surface area contributed by atoms with E-state index in [1.165, 1.54) is 18.4 Å². The maximum atomic E-state index is 12.8. The summed E-state index contributed by atoms with van der Waals surface area (Å²) >= 11 is 13.8. The van der Waals surface area contributed by atoms with Gasteiger partial charge in [-0.3, -0.25) is 14.5 Å². The average molecular weight is 387 g/mol. The Hall–Kier alpha value is -1.34. The third-order valence-electron chi connectivity index (χ3n) is 4.03. The SMILES string of the molecule is COC(=O)CN1CCN(C(=O)c2sc3cc(Cl)ccc3c2Cl)CC1. The molecule has 1 amide bonds. The topological polar surface area (TPSA) is 49.9 Å². The van der Waals surface area contributed by atoms with Crippen molar-refractivity contribution in [2.24, 2.45) is 0 Å². The van der Waals surface area contributed by atoms with Crippen LogP contribution in [0.3, 0.4) is 0 Å². The molecule has 0 N–H and O–H groups in total. The quantitative estimate of drug-likeness (QED) is 0.760. The lowest BCUT2D eigenvalue weighted by Gasteiger charge is -2.33. The van der Waals surface area contributed by atoms with Gasteiger partial charge >= 0.3 is 5.97 Å². The lowest BCUT2D eigenvalue weighted by Crippen LogP contribution is -2.49. The molecule has 0 unspecified atom stereocenters. The molecular formula is C16H16Cl2N2O3S. The Morgan fingerprint density at radius 3 is 2.58 bits per heavy atom. The van der Waals surface area contributed by atoms with Crippen LogP contribution in [0.15, 0.2) is 18.2 Å². The van der Waals surface area contributed by atoms with Crippen molar-refractivity contribution in [3.63, 3.8) is 0 Å². The first-order valence-electron chi connectivity index (χ1n) is 7.45. The average Bonchev–Trinajstić information content (AvgIpc) is 2.90. The summed E-state index contributed by atoms with van der Waals surface area (Å²) in [6, 6.07) is 5.42. The highest BCUT2D eigenvalue weighted by Gasteiger charge is 2.26. The number of fused-ring (bicyclic) bond motifs is 1. The summed E-state index contributed by atoms with van der Waals surface area (Å²) in [5.41, 5.74) is 0. The molecule has 2 aromatic rings. The van der Waals surface area contributed by atoms with Gasteiger partial charge in [0.25, 0.3) is 5.91 Å². The molecule has 0 atom stereocenters. The van der Waals surface area contributed by atoms with Crippen LogP contribution < -0.4 is 0 Å². The van der Waals surface area contributed by atoms with Gasteiger partial charge in [-0.05, 0) is 12.1 Å². The molecular weight excluding hydrogens is 371 g/mol. The van der Waals surface area contributed by atoms with E-state index in [0.717, 1.165) is 10.1 Å². The fraction of sp³-hybridized carbons (Fsp3) is 0.375. The van der Waals surface area contributed by atoms with Crippen molar-refractivity contribution in [3.05, 3.63) is 33.1 Å². The molecule has 0 bridgehead atoms. The zero-order valence-corrected chi connectivity index (χ0v) is 15.4. The van der Waals surface area contributed by atoms with Gasteiger partial charge in [-0.25, -0.2) is 0 Å². The largest absolute Gasteiger partial charge is 0.468 e. The van der Waals surface area contributed by atoms with Crippen LogP contribution in [0.25, 0.3) is 10.1 Å². The second kappa shape index (κ2) is 7.27. The van der Waals surface area contributed by atoms with Gasteiger partial charge in [0.1, 0.15) is 4.88 Å². The lowest BCUT2D eigenvalue weighted by molar-refractivity contribution is -0.142. The van der Waals surface area contributed by atoms with Crippen molar-refractivity contribution in [1.29, 1.82) is 0 Å². The van der Waals surface area contributed by atoms with Crippen LogP contribution in [0, 0.1) is 0 Å². The Morgan fingerprint density at radius 1 is 1.21 bits per heavy atom. The maximum Gasteiger partial charge on any atom is 0.319 e. The smallest absolute Gasteiger partial charge is 0.319 e.